The number of aliphatic hydroxyl groups excluding tert-OH is 1. The van der Waals surface area contributed by atoms with Gasteiger partial charge in [0.1, 0.15) is 0 Å². The third-order valence-corrected chi connectivity index (χ3v) is 3.46. The number of nitrogens with zero attached hydrogens (tertiary/aromatic N) is 3. The maximum atomic E-state index is 11.8. The number of aryl methyl sites for hydroxylation is 1. The van der Waals surface area contributed by atoms with Gasteiger partial charge in [0, 0.05) is 37.3 Å². The van der Waals surface area contributed by atoms with Gasteiger partial charge in [-0.2, -0.15) is 4.98 Å². The molecule has 0 aromatic carbocycles. The standard InChI is InChI=1S/C16H22N4O3/c1-16(2,3)12(21)10-18-13(22)4-5-14-19-15(20-23-14)11-6-8-17-9-7-11/h6-9,12,21H,4-5,10H2,1-3H3,(H,18,22). The molecule has 0 spiro atoms. The molecular weight excluding hydrogens is 296 g/mol. The van der Waals surface area contributed by atoms with Gasteiger partial charge in [0.2, 0.25) is 17.6 Å². The SMILES string of the molecule is CC(C)(C)C(O)CNC(=O)CCc1nc(-c2ccncc2)no1. The number of carbonyl (C=O) groups excluding carboxylic acids is 1. The minimum Gasteiger partial charge on any atom is -0.391 e. The fourth-order valence-electron chi connectivity index (χ4n) is 1.80. The first-order valence-corrected chi connectivity index (χ1v) is 7.54. The normalized spacial score (nSPS) is 12.9. The molecule has 0 aliphatic heterocycles. The Hall–Kier alpha value is -2.28. The van der Waals surface area contributed by atoms with Gasteiger partial charge in [-0.3, -0.25) is 9.78 Å². The van der Waals surface area contributed by atoms with Gasteiger partial charge in [-0.05, 0) is 17.5 Å². The summed E-state index contributed by atoms with van der Waals surface area (Å²) in [5, 5.41) is 16.5. The maximum Gasteiger partial charge on any atom is 0.227 e. The quantitative estimate of drug-likeness (QED) is 0.838. The maximum absolute atomic E-state index is 11.8. The van der Waals surface area contributed by atoms with Crippen molar-refractivity contribution in [2.45, 2.75) is 39.7 Å². The summed E-state index contributed by atoms with van der Waals surface area (Å²) in [5.74, 6) is 0.728. The van der Waals surface area contributed by atoms with Crippen molar-refractivity contribution in [2.24, 2.45) is 5.41 Å². The molecule has 2 N–H and O–H groups in total. The fourth-order valence-corrected chi connectivity index (χ4v) is 1.80. The summed E-state index contributed by atoms with van der Waals surface area (Å²) in [6.45, 7) is 5.99. The molecule has 1 unspecified atom stereocenters. The second-order valence-corrected chi connectivity index (χ2v) is 6.43. The molecule has 23 heavy (non-hydrogen) atoms. The Morgan fingerprint density at radius 3 is 2.70 bits per heavy atom. The highest BCUT2D eigenvalue weighted by molar-refractivity contribution is 5.76. The number of amides is 1. The topological polar surface area (TPSA) is 101 Å². The third kappa shape index (κ3) is 5.14. The van der Waals surface area contributed by atoms with Crippen LogP contribution in [0.4, 0.5) is 0 Å². The summed E-state index contributed by atoms with van der Waals surface area (Å²) in [7, 11) is 0. The number of nitrogens with one attached hydrogen (secondary N) is 1. The summed E-state index contributed by atoms with van der Waals surface area (Å²) in [4.78, 5) is 20.0. The number of carbonyl (C=O) groups is 1. The molecule has 0 bridgehead atoms. The van der Waals surface area contributed by atoms with Gasteiger partial charge in [0.15, 0.2) is 0 Å². The lowest BCUT2D eigenvalue weighted by Gasteiger charge is -2.25. The van der Waals surface area contributed by atoms with Gasteiger partial charge in [0.25, 0.3) is 0 Å². The highest BCUT2D eigenvalue weighted by Crippen LogP contribution is 2.18. The van der Waals surface area contributed by atoms with Crippen LogP contribution in [-0.4, -0.2) is 38.8 Å². The van der Waals surface area contributed by atoms with Gasteiger partial charge in [-0.25, -0.2) is 0 Å². The molecule has 1 amide bonds. The first-order chi connectivity index (χ1) is 10.9. The van der Waals surface area contributed by atoms with Crippen LogP contribution in [0.3, 0.4) is 0 Å². The van der Waals surface area contributed by atoms with Crippen LogP contribution in [0.15, 0.2) is 29.0 Å². The van der Waals surface area contributed by atoms with E-state index in [1.807, 2.05) is 20.8 Å². The Morgan fingerprint density at radius 2 is 2.04 bits per heavy atom. The molecule has 2 rings (SSSR count). The van der Waals surface area contributed by atoms with Crippen LogP contribution in [0.5, 0.6) is 0 Å². The Balaban J connectivity index is 1.80. The van der Waals surface area contributed by atoms with Gasteiger partial charge in [-0.1, -0.05) is 25.9 Å². The largest absolute Gasteiger partial charge is 0.391 e. The van der Waals surface area contributed by atoms with E-state index >= 15 is 0 Å². The van der Waals surface area contributed by atoms with Crippen LogP contribution in [0.2, 0.25) is 0 Å². The molecule has 1 atom stereocenters. The van der Waals surface area contributed by atoms with E-state index in [1.165, 1.54) is 0 Å². The Kier molecular flexibility index (Phi) is 5.44. The molecule has 124 valence electrons. The second kappa shape index (κ2) is 7.32. The monoisotopic (exact) mass is 318 g/mol. The van der Waals surface area contributed by atoms with Crippen molar-refractivity contribution in [3.05, 3.63) is 30.4 Å². The van der Waals surface area contributed by atoms with Crippen LogP contribution in [0.25, 0.3) is 11.4 Å². The van der Waals surface area contributed by atoms with E-state index in [-0.39, 0.29) is 24.3 Å². The first-order valence-electron chi connectivity index (χ1n) is 7.54. The third-order valence-electron chi connectivity index (χ3n) is 3.46. The van der Waals surface area contributed by atoms with Gasteiger partial charge in [0.05, 0.1) is 6.10 Å². The molecule has 0 radical (unpaired) electrons. The van der Waals surface area contributed by atoms with Crippen LogP contribution in [-0.2, 0) is 11.2 Å². The first kappa shape index (κ1) is 17.1. The van der Waals surface area contributed by atoms with E-state index in [9.17, 15) is 9.90 Å². The van der Waals surface area contributed by atoms with Crippen molar-refractivity contribution in [3.63, 3.8) is 0 Å². The van der Waals surface area contributed by atoms with Crippen LogP contribution < -0.4 is 5.32 Å². The van der Waals surface area contributed by atoms with Crippen molar-refractivity contribution in [3.8, 4) is 11.4 Å². The van der Waals surface area contributed by atoms with Crippen molar-refractivity contribution in [1.29, 1.82) is 0 Å². The van der Waals surface area contributed by atoms with E-state index in [2.05, 4.69) is 20.4 Å². The van der Waals surface area contributed by atoms with Crippen molar-refractivity contribution in [2.75, 3.05) is 6.54 Å². The van der Waals surface area contributed by atoms with Gasteiger partial charge < -0.3 is 14.9 Å². The molecule has 0 saturated carbocycles. The van der Waals surface area contributed by atoms with E-state index in [0.717, 1.165) is 5.56 Å². The number of aromatic nitrogens is 3. The smallest absolute Gasteiger partial charge is 0.227 e. The molecular formula is C16H22N4O3. The Labute approximate surface area is 135 Å². The molecule has 7 heteroatoms. The number of hydrogen-bond donors (Lipinski definition) is 2. The summed E-state index contributed by atoms with van der Waals surface area (Å²) in [6.07, 6.45) is 3.30. The number of aliphatic hydroxyl groups is 1. The summed E-state index contributed by atoms with van der Waals surface area (Å²) < 4.78 is 5.14. The molecule has 7 nitrogen and oxygen atoms in total. The fraction of sp³-hybridized carbons (Fsp3) is 0.500. The molecule has 2 aromatic rings. The van der Waals surface area contributed by atoms with Crippen LogP contribution >= 0.6 is 0 Å². The highest BCUT2D eigenvalue weighted by Gasteiger charge is 2.22. The number of hydrogen-bond acceptors (Lipinski definition) is 6. The minimum atomic E-state index is -0.590. The van der Waals surface area contributed by atoms with Gasteiger partial charge in [-0.15, -0.1) is 0 Å². The minimum absolute atomic E-state index is 0.156. The van der Waals surface area contributed by atoms with Crippen molar-refractivity contribution in [1.82, 2.24) is 20.4 Å². The van der Waals surface area contributed by atoms with Crippen LogP contribution in [0.1, 0.15) is 33.1 Å². The molecule has 0 saturated heterocycles. The molecule has 2 heterocycles. The molecule has 0 fully saturated rings. The van der Waals surface area contributed by atoms with Crippen LogP contribution in [0, 0.1) is 5.41 Å². The Morgan fingerprint density at radius 1 is 1.35 bits per heavy atom. The van der Waals surface area contributed by atoms with Gasteiger partial charge >= 0.3 is 0 Å². The zero-order valence-corrected chi connectivity index (χ0v) is 13.6. The lowest BCUT2D eigenvalue weighted by Crippen LogP contribution is -2.39. The van der Waals surface area contributed by atoms with Crippen molar-refractivity contribution >= 4 is 5.91 Å². The van der Waals surface area contributed by atoms with E-state index < -0.39 is 6.10 Å². The molecule has 2 aromatic heterocycles. The zero-order valence-electron chi connectivity index (χ0n) is 13.6. The summed E-state index contributed by atoms with van der Waals surface area (Å²) in [6, 6.07) is 3.57. The Bertz CT molecular complexity index is 634. The number of pyridine rings is 1. The lowest BCUT2D eigenvalue weighted by atomic mass is 9.89. The lowest BCUT2D eigenvalue weighted by molar-refractivity contribution is -0.121. The summed E-state index contributed by atoms with van der Waals surface area (Å²) >= 11 is 0. The number of rotatable bonds is 6. The molecule has 0 aliphatic rings. The second-order valence-electron chi connectivity index (χ2n) is 6.43. The highest BCUT2D eigenvalue weighted by atomic mass is 16.5. The molecule has 0 aliphatic carbocycles. The van der Waals surface area contributed by atoms with E-state index in [0.29, 0.717) is 18.1 Å². The van der Waals surface area contributed by atoms with E-state index in [1.54, 1.807) is 24.5 Å². The van der Waals surface area contributed by atoms with E-state index in [4.69, 9.17) is 4.52 Å². The predicted octanol–water partition coefficient (Wildman–Crippen LogP) is 1.59. The van der Waals surface area contributed by atoms with Crippen molar-refractivity contribution < 1.29 is 14.4 Å². The average Bonchev–Trinajstić information content (AvgIpc) is 2.99. The predicted molar refractivity (Wildman–Crippen MR) is 84.3 cm³/mol. The average molecular weight is 318 g/mol. The zero-order chi connectivity index (χ0) is 16.9. The summed E-state index contributed by atoms with van der Waals surface area (Å²) in [5.41, 5.74) is 0.548.